The van der Waals surface area contributed by atoms with Crippen LogP contribution in [0, 0.1) is 16.7 Å². The van der Waals surface area contributed by atoms with Gasteiger partial charge in [-0.25, -0.2) is 0 Å². The molecule has 0 radical (unpaired) electrons. The zero-order valence-corrected chi connectivity index (χ0v) is 16.9. The number of thiophene rings is 1. The number of carbonyl (C=O) groups excluding carboxylic acids is 1. The first-order chi connectivity index (χ1) is 13.1. The van der Waals surface area contributed by atoms with Crippen LogP contribution in [-0.2, 0) is 22.6 Å². The van der Waals surface area contributed by atoms with Gasteiger partial charge >= 0.3 is 5.97 Å². The van der Waals surface area contributed by atoms with Crippen molar-refractivity contribution in [2.45, 2.75) is 52.6 Å². The molecule has 5 heteroatoms. The van der Waals surface area contributed by atoms with Crippen molar-refractivity contribution in [2.24, 2.45) is 5.41 Å². The minimum Gasteiger partial charge on any atom is -0.488 e. The quantitative estimate of drug-likeness (QED) is 0.377. The third-order valence-electron chi connectivity index (χ3n) is 4.50. The second-order valence-electron chi connectivity index (χ2n) is 6.74. The normalized spacial score (nSPS) is 12.8. The molecule has 1 atom stereocenters. The fourth-order valence-corrected chi connectivity index (χ4v) is 3.40. The molecule has 0 amide bonds. The lowest BCUT2D eigenvalue weighted by Gasteiger charge is -2.19. The van der Waals surface area contributed by atoms with Gasteiger partial charge in [0.1, 0.15) is 12.4 Å². The lowest BCUT2D eigenvalue weighted by molar-refractivity contribution is -0.151. The van der Waals surface area contributed by atoms with Crippen molar-refractivity contribution in [3.63, 3.8) is 0 Å². The van der Waals surface area contributed by atoms with Crippen LogP contribution in [0.1, 0.15) is 50.0 Å². The summed E-state index contributed by atoms with van der Waals surface area (Å²) in [5.74, 6) is 0.469. The van der Waals surface area contributed by atoms with E-state index in [2.05, 4.69) is 24.3 Å². The number of nitrogens with zero attached hydrogens (tertiary/aromatic N) is 1. The molecule has 0 spiro atoms. The molecule has 0 aliphatic heterocycles. The van der Waals surface area contributed by atoms with E-state index < -0.39 is 11.4 Å². The predicted octanol–water partition coefficient (Wildman–Crippen LogP) is 5.52. The van der Waals surface area contributed by atoms with Gasteiger partial charge in [0.05, 0.1) is 12.7 Å². The molecule has 144 valence electrons. The van der Waals surface area contributed by atoms with Crippen LogP contribution in [0.25, 0.3) is 0 Å². The smallest absolute Gasteiger partial charge is 0.326 e. The van der Waals surface area contributed by atoms with Crippen molar-refractivity contribution in [1.29, 1.82) is 5.26 Å². The van der Waals surface area contributed by atoms with Gasteiger partial charge in [0.15, 0.2) is 5.41 Å². The van der Waals surface area contributed by atoms with Gasteiger partial charge in [-0.3, -0.25) is 4.79 Å². The number of aryl methyl sites for hydroxylation is 1. The highest BCUT2D eigenvalue weighted by atomic mass is 32.1. The third kappa shape index (κ3) is 6.73. The summed E-state index contributed by atoms with van der Waals surface area (Å²) < 4.78 is 10.8. The van der Waals surface area contributed by atoms with Crippen LogP contribution in [0.3, 0.4) is 0 Å². The maximum atomic E-state index is 11.9. The molecule has 0 fully saturated rings. The number of rotatable bonds is 11. The van der Waals surface area contributed by atoms with Crippen LogP contribution < -0.4 is 4.74 Å². The predicted molar refractivity (Wildman–Crippen MR) is 108 cm³/mol. The minimum atomic E-state index is -1.03. The molecule has 0 saturated carbocycles. The highest BCUT2D eigenvalue weighted by Crippen LogP contribution is 2.26. The molecular formula is C22H27NO3S. The first-order valence-electron chi connectivity index (χ1n) is 9.40. The zero-order chi connectivity index (χ0) is 19.5. The Balaban J connectivity index is 1.68. The Labute approximate surface area is 165 Å². The van der Waals surface area contributed by atoms with Crippen LogP contribution in [0.15, 0.2) is 41.8 Å². The molecule has 0 saturated heterocycles. The molecule has 27 heavy (non-hydrogen) atoms. The maximum Gasteiger partial charge on any atom is 0.326 e. The van der Waals surface area contributed by atoms with E-state index in [-0.39, 0.29) is 0 Å². The van der Waals surface area contributed by atoms with Gasteiger partial charge in [-0.15, -0.1) is 11.3 Å². The van der Waals surface area contributed by atoms with Gasteiger partial charge < -0.3 is 9.47 Å². The molecule has 0 aliphatic rings. The highest BCUT2D eigenvalue weighted by Gasteiger charge is 2.34. The van der Waals surface area contributed by atoms with E-state index in [0.29, 0.717) is 19.6 Å². The van der Waals surface area contributed by atoms with Crippen molar-refractivity contribution in [2.75, 3.05) is 6.61 Å². The van der Waals surface area contributed by atoms with Crippen molar-refractivity contribution in [3.05, 3.63) is 52.2 Å². The van der Waals surface area contributed by atoms with Crippen molar-refractivity contribution in [1.82, 2.24) is 0 Å². The first kappa shape index (κ1) is 21.0. The summed E-state index contributed by atoms with van der Waals surface area (Å²) in [4.78, 5) is 13.1. The standard InChI is InChI=1S/C22H27NO3S/c1-3-25-21(24)22(2,17-23)14-6-4-5-8-18-10-12-19(13-11-18)26-16-20-9-7-15-27-20/h7,9-13,15H,3-6,8,14,16H2,1-2H3. The highest BCUT2D eigenvalue weighted by molar-refractivity contribution is 7.09. The number of nitriles is 1. The summed E-state index contributed by atoms with van der Waals surface area (Å²) in [6.07, 6.45) is 4.36. The number of unbranched alkanes of at least 4 members (excludes halogenated alkanes) is 2. The second kappa shape index (κ2) is 10.7. The Hall–Kier alpha value is -2.32. The lowest BCUT2D eigenvalue weighted by Crippen LogP contribution is -2.28. The number of hydrogen-bond acceptors (Lipinski definition) is 5. The molecule has 0 N–H and O–H groups in total. The summed E-state index contributed by atoms with van der Waals surface area (Å²) in [5.41, 5.74) is 0.240. The Bertz CT molecular complexity index is 734. The summed E-state index contributed by atoms with van der Waals surface area (Å²) in [5, 5.41) is 11.3. The molecule has 0 bridgehead atoms. The number of carbonyl (C=O) groups is 1. The molecule has 0 aliphatic carbocycles. The van der Waals surface area contributed by atoms with Crippen LogP contribution >= 0.6 is 11.3 Å². The molecule has 2 rings (SSSR count). The van der Waals surface area contributed by atoms with E-state index in [1.165, 1.54) is 10.4 Å². The van der Waals surface area contributed by atoms with Crippen LogP contribution in [-0.4, -0.2) is 12.6 Å². The molecule has 1 aromatic carbocycles. The number of ether oxygens (including phenoxy) is 2. The van der Waals surface area contributed by atoms with E-state index in [9.17, 15) is 10.1 Å². The zero-order valence-electron chi connectivity index (χ0n) is 16.1. The van der Waals surface area contributed by atoms with Crippen LogP contribution in [0.5, 0.6) is 5.75 Å². The Morgan fingerprint density at radius 3 is 2.59 bits per heavy atom. The van der Waals surface area contributed by atoms with Gasteiger partial charge in [-0.2, -0.15) is 5.26 Å². The number of hydrogen-bond donors (Lipinski definition) is 0. The fourth-order valence-electron chi connectivity index (χ4n) is 2.78. The summed E-state index contributed by atoms with van der Waals surface area (Å²) in [7, 11) is 0. The maximum absolute atomic E-state index is 11.9. The Morgan fingerprint density at radius 2 is 1.96 bits per heavy atom. The lowest BCUT2D eigenvalue weighted by atomic mass is 9.86. The molecule has 1 unspecified atom stereocenters. The minimum absolute atomic E-state index is 0.309. The number of benzene rings is 1. The topological polar surface area (TPSA) is 59.3 Å². The second-order valence-corrected chi connectivity index (χ2v) is 7.77. The summed E-state index contributed by atoms with van der Waals surface area (Å²) in [6.45, 7) is 4.34. The van der Waals surface area contributed by atoms with Crippen molar-refractivity contribution >= 4 is 17.3 Å². The molecule has 1 aromatic heterocycles. The van der Waals surface area contributed by atoms with Gasteiger partial charge in [-0.05, 0) is 62.3 Å². The van der Waals surface area contributed by atoms with Crippen molar-refractivity contribution < 1.29 is 14.3 Å². The van der Waals surface area contributed by atoms with Crippen LogP contribution in [0.4, 0.5) is 0 Å². The van der Waals surface area contributed by atoms with E-state index in [1.807, 2.05) is 23.6 Å². The molecule has 2 aromatic rings. The van der Waals surface area contributed by atoms with Gasteiger partial charge in [-0.1, -0.05) is 31.0 Å². The van der Waals surface area contributed by atoms with E-state index in [1.54, 1.807) is 25.2 Å². The fraction of sp³-hybridized carbons (Fsp3) is 0.455. The third-order valence-corrected chi connectivity index (χ3v) is 5.35. The van der Waals surface area contributed by atoms with Crippen molar-refractivity contribution in [3.8, 4) is 11.8 Å². The van der Waals surface area contributed by atoms with Gasteiger partial charge in [0.2, 0.25) is 0 Å². The summed E-state index contributed by atoms with van der Waals surface area (Å²) >= 11 is 1.69. The largest absolute Gasteiger partial charge is 0.488 e. The Morgan fingerprint density at radius 1 is 1.19 bits per heavy atom. The SMILES string of the molecule is CCOC(=O)C(C)(C#N)CCCCCc1ccc(OCc2cccs2)cc1. The van der Waals surface area contributed by atoms with Gasteiger partial charge in [0, 0.05) is 4.88 Å². The van der Waals surface area contributed by atoms with Crippen LogP contribution in [0.2, 0.25) is 0 Å². The molecule has 4 nitrogen and oxygen atoms in total. The average Bonchev–Trinajstić information content (AvgIpc) is 3.20. The summed E-state index contributed by atoms with van der Waals surface area (Å²) in [6, 6.07) is 14.4. The monoisotopic (exact) mass is 385 g/mol. The van der Waals surface area contributed by atoms with Gasteiger partial charge in [0.25, 0.3) is 0 Å². The number of esters is 1. The van der Waals surface area contributed by atoms with E-state index >= 15 is 0 Å². The first-order valence-corrected chi connectivity index (χ1v) is 10.3. The molecule has 1 heterocycles. The Kier molecular flexibility index (Phi) is 8.35. The van der Waals surface area contributed by atoms with E-state index in [4.69, 9.17) is 9.47 Å². The molecular weight excluding hydrogens is 358 g/mol. The van der Waals surface area contributed by atoms with E-state index in [0.717, 1.165) is 31.4 Å². The average molecular weight is 386 g/mol.